The summed E-state index contributed by atoms with van der Waals surface area (Å²) in [6.07, 6.45) is -0.715. The first kappa shape index (κ1) is 13.9. The van der Waals surface area contributed by atoms with E-state index in [-0.39, 0.29) is 0 Å². The van der Waals surface area contributed by atoms with Crippen molar-refractivity contribution in [3.05, 3.63) is 21.3 Å². The van der Waals surface area contributed by atoms with Crippen LogP contribution in [-0.2, 0) is 15.9 Å². The van der Waals surface area contributed by atoms with E-state index in [1.165, 1.54) is 11.3 Å². The molecule has 1 atom stereocenters. The fourth-order valence-corrected chi connectivity index (χ4v) is 2.50. The van der Waals surface area contributed by atoms with Crippen LogP contribution in [0.1, 0.15) is 18.7 Å². The van der Waals surface area contributed by atoms with Gasteiger partial charge in [0.15, 0.2) is 6.29 Å². The molecule has 0 radical (unpaired) electrons. The van der Waals surface area contributed by atoms with Crippen molar-refractivity contribution >= 4 is 22.9 Å². The highest BCUT2D eigenvalue weighted by Gasteiger charge is 2.20. The molecule has 0 aliphatic rings. The molecule has 0 saturated carbocycles. The maximum Gasteiger partial charge on any atom is 0.183 e. The van der Waals surface area contributed by atoms with Gasteiger partial charge in [-0.25, -0.2) is 0 Å². The van der Waals surface area contributed by atoms with Gasteiger partial charge in [-0.2, -0.15) is 0 Å². The number of rotatable bonds is 7. The number of aliphatic hydroxyl groups excluding tert-OH is 1. The van der Waals surface area contributed by atoms with Gasteiger partial charge in [0.05, 0.1) is 4.34 Å². The van der Waals surface area contributed by atoms with Crippen molar-refractivity contribution in [2.45, 2.75) is 32.7 Å². The predicted octanol–water partition coefficient (Wildman–Crippen LogP) is 2.70. The van der Waals surface area contributed by atoms with Crippen LogP contribution < -0.4 is 0 Å². The van der Waals surface area contributed by atoms with Gasteiger partial charge in [-0.05, 0) is 26.0 Å². The summed E-state index contributed by atoms with van der Waals surface area (Å²) in [5, 5.41) is 9.95. The molecule has 1 rings (SSSR count). The van der Waals surface area contributed by atoms with Crippen LogP contribution >= 0.6 is 22.9 Å². The highest BCUT2D eigenvalue weighted by Crippen LogP contribution is 2.23. The number of ether oxygens (including phenoxy) is 2. The van der Waals surface area contributed by atoms with Crippen molar-refractivity contribution in [1.82, 2.24) is 0 Å². The van der Waals surface area contributed by atoms with Gasteiger partial charge >= 0.3 is 0 Å². The van der Waals surface area contributed by atoms with Gasteiger partial charge in [0.1, 0.15) is 6.10 Å². The van der Waals surface area contributed by atoms with Crippen LogP contribution in [0.3, 0.4) is 0 Å². The van der Waals surface area contributed by atoms with Crippen LogP contribution in [0, 0.1) is 0 Å². The molecule has 1 aromatic heterocycles. The van der Waals surface area contributed by atoms with E-state index in [9.17, 15) is 5.11 Å². The number of hydrogen-bond donors (Lipinski definition) is 1. The SMILES string of the molecule is CCOC(OCC)C(O)Cc1ccc(Cl)s1. The van der Waals surface area contributed by atoms with E-state index in [1.807, 2.05) is 26.0 Å². The standard InChI is InChI=1S/C11H17ClO3S/c1-3-14-11(15-4-2)9(13)7-8-5-6-10(12)16-8/h5-6,9,11,13H,3-4,7H2,1-2H3. The molecule has 1 N–H and O–H groups in total. The summed E-state index contributed by atoms with van der Waals surface area (Å²) in [5.74, 6) is 0. The van der Waals surface area contributed by atoms with Crippen molar-refractivity contribution in [3.63, 3.8) is 0 Å². The summed E-state index contributed by atoms with van der Waals surface area (Å²) < 4.78 is 11.4. The molecule has 0 bridgehead atoms. The highest BCUT2D eigenvalue weighted by molar-refractivity contribution is 7.16. The largest absolute Gasteiger partial charge is 0.387 e. The molecule has 0 aliphatic carbocycles. The lowest BCUT2D eigenvalue weighted by Gasteiger charge is -2.22. The Balaban J connectivity index is 2.50. The molecule has 1 unspecified atom stereocenters. The second kappa shape index (κ2) is 7.25. The van der Waals surface area contributed by atoms with Crippen LogP contribution in [0.2, 0.25) is 4.34 Å². The summed E-state index contributed by atoms with van der Waals surface area (Å²) in [5.41, 5.74) is 0. The fourth-order valence-electron chi connectivity index (χ4n) is 1.36. The molecule has 0 aromatic carbocycles. The zero-order valence-corrected chi connectivity index (χ0v) is 11.1. The quantitative estimate of drug-likeness (QED) is 0.770. The van der Waals surface area contributed by atoms with E-state index < -0.39 is 12.4 Å². The minimum Gasteiger partial charge on any atom is -0.387 e. The van der Waals surface area contributed by atoms with Gasteiger partial charge in [-0.3, -0.25) is 0 Å². The van der Waals surface area contributed by atoms with Crippen molar-refractivity contribution in [2.24, 2.45) is 0 Å². The highest BCUT2D eigenvalue weighted by atomic mass is 35.5. The summed E-state index contributed by atoms with van der Waals surface area (Å²) in [7, 11) is 0. The van der Waals surface area contributed by atoms with Gasteiger partial charge in [0.25, 0.3) is 0 Å². The third kappa shape index (κ3) is 4.39. The molecule has 0 amide bonds. The summed E-state index contributed by atoms with van der Waals surface area (Å²) in [6.45, 7) is 4.79. The first-order valence-electron chi connectivity index (χ1n) is 5.32. The van der Waals surface area contributed by atoms with Gasteiger partial charge in [0.2, 0.25) is 0 Å². The Labute approximate surface area is 105 Å². The summed E-state index contributed by atoms with van der Waals surface area (Å²) >= 11 is 7.28. The van der Waals surface area contributed by atoms with E-state index in [4.69, 9.17) is 21.1 Å². The number of halogens is 1. The Morgan fingerprint density at radius 3 is 2.38 bits per heavy atom. The van der Waals surface area contributed by atoms with Crippen molar-refractivity contribution in [3.8, 4) is 0 Å². The van der Waals surface area contributed by atoms with Gasteiger partial charge in [-0.15, -0.1) is 11.3 Å². The third-order valence-corrected chi connectivity index (χ3v) is 3.27. The molecule has 1 heterocycles. The average molecular weight is 265 g/mol. The van der Waals surface area contributed by atoms with Crippen LogP contribution in [0.25, 0.3) is 0 Å². The fraction of sp³-hybridized carbons (Fsp3) is 0.636. The van der Waals surface area contributed by atoms with Gasteiger partial charge in [0, 0.05) is 24.5 Å². The number of thiophene rings is 1. The maximum atomic E-state index is 9.95. The molecule has 3 nitrogen and oxygen atoms in total. The Kier molecular flexibility index (Phi) is 6.31. The Bertz CT molecular complexity index is 297. The second-order valence-electron chi connectivity index (χ2n) is 3.26. The summed E-state index contributed by atoms with van der Waals surface area (Å²) in [6, 6.07) is 3.73. The lowest BCUT2D eigenvalue weighted by molar-refractivity contribution is -0.188. The molecule has 0 aliphatic heterocycles. The predicted molar refractivity (Wildman–Crippen MR) is 66.1 cm³/mol. The van der Waals surface area contributed by atoms with Gasteiger partial charge in [-0.1, -0.05) is 11.6 Å². The van der Waals surface area contributed by atoms with Crippen molar-refractivity contribution < 1.29 is 14.6 Å². The molecular formula is C11H17ClO3S. The van der Waals surface area contributed by atoms with E-state index in [2.05, 4.69) is 0 Å². The van der Waals surface area contributed by atoms with E-state index >= 15 is 0 Å². The smallest absolute Gasteiger partial charge is 0.183 e. The molecule has 0 saturated heterocycles. The first-order valence-corrected chi connectivity index (χ1v) is 6.52. The second-order valence-corrected chi connectivity index (χ2v) is 5.06. The first-order chi connectivity index (χ1) is 7.67. The van der Waals surface area contributed by atoms with Gasteiger partial charge < -0.3 is 14.6 Å². The number of hydrogen-bond acceptors (Lipinski definition) is 4. The zero-order chi connectivity index (χ0) is 12.0. The number of aliphatic hydroxyl groups is 1. The molecular weight excluding hydrogens is 248 g/mol. The lowest BCUT2D eigenvalue weighted by Crippen LogP contribution is -2.33. The minimum absolute atomic E-state index is 0.502. The zero-order valence-electron chi connectivity index (χ0n) is 9.48. The Hall–Kier alpha value is -0.130. The van der Waals surface area contributed by atoms with Crippen LogP contribution in [-0.4, -0.2) is 30.7 Å². The lowest BCUT2D eigenvalue weighted by atomic mass is 10.2. The van der Waals surface area contributed by atoms with Crippen LogP contribution in [0.4, 0.5) is 0 Å². The third-order valence-electron chi connectivity index (χ3n) is 2.02. The van der Waals surface area contributed by atoms with Crippen LogP contribution in [0.15, 0.2) is 12.1 Å². The topological polar surface area (TPSA) is 38.7 Å². The Morgan fingerprint density at radius 2 is 1.94 bits per heavy atom. The normalized spacial score (nSPS) is 13.3. The molecule has 0 spiro atoms. The average Bonchev–Trinajstić information content (AvgIpc) is 2.63. The molecule has 16 heavy (non-hydrogen) atoms. The van der Waals surface area contributed by atoms with Crippen molar-refractivity contribution in [2.75, 3.05) is 13.2 Å². The van der Waals surface area contributed by atoms with Crippen LogP contribution in [0.5, 0.6) is 0 Å². The monoisotopic (exact) mass is 264 g/mol. The maximum absolute atomic E-state index is 9.95. The summed E-state index contributed by atoms with van der Waals surface area (Å²) in [4.78, 5) is 1.03. The van der Waals surface area contributed by atoms with Crippen molar-refractivity contribution in [1.29, 1.82) is 0 Å². The molecule has 5 heteroatoms. The Morgan fingerprint density at radius 1 is 1.31 bits per heavy atom. The minimum atomic E-state index is -0.658. The van der Waals surface area contributed by atoms with E-state index in [1.54, 1.807) is 0 Å². The van der Waals surface area contributed by atoms with E-state index in [0.717, 1.165) is 9.21 Å². The molecule has 1 aromatic rings. The molecule has 0 fully saturated rings. The molecule has 92 valence electrons. The van der Waals surface area contributed by atoms with E-state index in [0.29, 0.717) is 19.6 Å².